The van der Waals surface area contributed by atoms with Crippen molar-refractivity contribution < 1.29 is 19.3 Å². The van der Waals surface area contributed by atoms with Crippen LogP contribution in [0, 0.1) is 18.7 Å². The molecule has 0 spiro atoms. The fraction of sp³-hybridized carbons (Fsp3) is 0.400. The minimum Gasteiger partial charge on any atom is -0.495 e. The van der Waals surface area contributed by atoms with Crippen molar-refractivity contribution in [3.8, 4) is 11.4 Å². The van der Waals surface area contributed by atoms with Gasteiger partial charge in [-0.1, -0.05) is 18.2 Å². The van der Waals surface area contributed by atoms with Crippen molar-refractivity contribution in [3.63, 3.8) is 0 Å². The summed E-state index contributed by atoms with van der Waals surface area (Å²) in [7, 11) is 1.60. The average Bonchev–Trinajstić information content (AvgIpc) is 3.24. The Morgan fingerprint density at radius 3 is 2.53 bits per heavy atom. The molecule has 1 saturated heterocycles. The minimum atomic E-state index is -0.847. The number of hydrogen-bond donors (Lipinski definition) is 2. The monoisotopic (exact) mass is 439 g/mol. The summed E-state index contributed by atoms with van der Waals surface area (Å²) in [5, 5.41) is 22.4. The molecule has 3 aromatic rings. The number of rotatable bonds is 6. The van der Waals surface area contributed by atoms with Gasteiger partial charge in [0.15, 0.2) is 0 Å². The van der Waals surface area contributed by atoms with Crippen LogP contribution in [0.4, 0.5) is 4.39 Å². The van der Waals surface area contributed by atoms with Crippen LogP contribution in [0.5, 0.6) is 5.75 Å². The summed E-state index contributed by atoms with van der Waals surface area (Å²) in [6.07, 6.45) is 3.53. The summed E-state index contributed by atoms with van der Waals surface area (Å²) in [5.41, 5.74) is 3.36. The lowest BCUT2D eigenvalue weighted by Crippen LogP contribution is -2.48. The van der Waals surface area contributed by atoms with Crippen molar-refractivity contribution in [2.45, 2.75) is 45.1 Å². The van der Waals surface area contributed by atoms with E-state index >= 15 is 0 Å². The molecule has 1 aliphatic rings. The maximum absolute atomic E-state index is 13.3. The molecular formula is C25H30FN3O3. The molecule has 6 nitrogen and oxygen atoms in total. The van der Waals surface area contributed by atoms with Crippen molar-refractivity contribution >= 4 is 0 Å². The first-order valence-corrected chi connectivity index (χ1v) is 10.9. The van der Waals surface area contributed by atoms with E-state index in [0.29, 0.717) is 24.3 Å². The van der Waals surface area contributed by atoms with Gasteiger partial charge >= 0.3 is 0 Å². The van der Waals surface area contributed by atoms with Crippen LogP contribution in [-0.4, -0.2) is 44.5 Å². The van der Waals surface area contributed by atoms with E-state index in [9.17, 15) is 14.6 Å². The van der Waals surface area contributed by atoms with E-state index in [1.807, 2.05) is 47.7 Å². The first-order valence-electron chi connectivity index (χ1n) is 10.9. The summed E-state index contributed by atoms with van der Waals surface area (Å²) in [6, 6.07) is 11.8. The zero-order chi connectivity index (χ0) is 22.8. The number of benzene rings is 2. The number of aromatic nitrogens is 2. The number of piperidine rings is 1. The van der Waals surface area contributed by atoms with E-state index in [2.05, 4.69) is 4.98 Å². The van der Waals surface area contributed by atoms with Gasteiger partial charge in [0.05, 0.1) is 30.9 Å². The third-order valence-corrected chi connectivity index (χ3v) is 6.47. The zero-order valence-electron chi connectivity index (χ0n) is 18.6. The molecular weight excluding hydrogens is 409 g/mol. The molecule has 0 aliphatic carbocycles. The number of nitrogens with zero attached hydrogens (tertiary/aromatic N) is 3. The van der Waals surface area contributed by atoms with Gasteiger partial charge in [-0.3, -0.25) is 4.90 Å². The number of ether oxygens (including phenoxy) is 1. The molecule has 170 valence electrons. The Bertz CT molecular complexity index is 1050. The van der Waals surface area contributed by atoms with Crippen LogP contribution in [0.1, 0.15) is 48.7 Å². The van der Waals surface area contributed by atoms with Crippen LogP contribution in [0.15, 0.2) is 55.0 Å². The standard InChI is InChI=1S/C25H30FN3O3/c1-16-14-28(15-27-16)22-11-8-19(13-23(22)32-3)24(30)21-5-4-12-29(25(21)31)17(2)18-6-9-20(26)10-7-18/h6-11,13-15,17,21,24-25,30-31H,4-5,12H2,1-3H3/t17-,21?,24?,25?/m0/s1. The highest BCUT2D eigenvalue weighted by molar-refractivity contribution is 5.49. The number of aliphatic hydroxyl groups is 2. The van der Waals surface area contributed by atoms with Gasteiger partial charge in [-0.05, 0) is 62.1 Å². The number of halogens is 1. The Morgan fingerprint density at radius 1 is 1.16 bits per heavy atom. The molecule has 2 aromatic carbocycles. The van der Waals surface area contributed by atoms with E-state index in [1.54, 1.807) is 25.6 Å². The Morgan fingerprint density at radius 2 is 1.88 bits per heavy atom. The largest absolute Gasteiger partial charge is 0.495 e. The van der Waals surface area contributed by atoms with Crippen molar-refractivity contribution in [1.82, 2.24) is 14.5 Å². The van der Waals surface area contributed by atoms with E-state index in [-0.39, 0.29) is 17.8 Å². The molecule has 1 fully saturated rings. The SMILES string of the molecule is COc1cc(C(O)C2CCCN([C@@H](C)c3ccc(F)cc3)C2O)ccc1-n1cnc(C)c1. The Balaban J connectivity index is 1.55. The molecule has 0 saturated carbocycles. The summed E-state index contributed by atoms with van der Waals surface area (Å²) in [4.78, 5) is 6.24. The van der Waals surface area contributed by atoms with Gasteiger partial charge in [0.1, 0.15) is 17.8 Å². The maximum atomic E-state index is 13.3. The van der Waals surface area contributed by atoms with Crippen LogP contribution in [-0.2, 0) is 0 Å². The Hall–Kier alpha value is -2.74. The Labute approximate surface area is 187 Å². The highest BCUT2D eigenvalue weighted by Crippen LogP contribution is 2.38. The molecule has 0 radical (unpaired) electrons. The van der Waals surface area contributed by atoms with Gasteiger partial charge in [-0.15, -0.1) is 0 Å². The van der Waals surface area contributed by atoms with Crippen molar-refractivity contribution in [2.75, 3.05) is 13.7 Å². The second-order valence-corrected chi connectivity index (χ2v) is 8.48. The highest BCUT2D eigenvalue weighted by atomic mass is 19.1. The van der Waals surface area contributed by atoms with E-state index in [0.717, 1.165) is 23.4 Å². The maximum Gasteiger partial charge on any atom is 0.143 e. The minimum absolute atomic E-state index is 0.0954. The molecule has 1 aliphatic heterocycles. The molecule has 1 aromatic heterocycles. The number of aliphatic hydroxyl groups excluding tert-OH is 2. The third-order valence-electron chi connectivity index (χ3n) is 6.47. The first-order chi connectivity index (χ1) is 15.4. The van der Waals surface area contributed by atoms with Crippen LogP contribution < -0.4 is 4.74 Å². The predicted molar refractivity (Wildman–Crippen MR) is 120 cm³/mol. The van der Waals surface area contributed by atoms with Crippen LogP contribution in [0.2, 0.25) is 0 Å². The van der Waals surface area contributed by atoms with Crippen molar-refractivity contribution in [2.24, 2.45) is 5.92 Å². The number of hydrogen-bond acceptors (Lipinski definition) is 5. The molecule has 32 heavy (non-hydrogen) atoms. The third kappa shape index (κ3) is 4.41. The van der Waals surface area contributed by atoms with Gasteiger partial charge in [0.2, 0.25) is 0 Å². The molecule has 4 atom stereocenters. The smallest absolute Gasteiger partial charge is 0.143 e. The average molecular weight is 440 g/mol. The van der Waals surface area contributed by atoms with Crippen LogP contribution >= 0.6 is 0 Å². The molecule has 4 rings (SSSR count). The summed E-state index contributed by atoms with van der Waals surface area (Å²) in [5.74, 6) is -0.00447. The molecule has 2 N–H and O–H groups in total. The Kier molecular flexibility index (Phi) is 6.60. The zero-order valence-corrected chi connectivity index (χ0v) is 18.6. The predicted octanol–water partition coefficient (Wildman–Crippen LogP) is 4.15. The van der Waals surface area contributed by atoms with Crippen molar-refractivity contribution in [1.29, 1.82) is 0 Å². The first kappa shape index (κ1) is 22.5. The number of methoxy groups -OCH3 is 1. The van der Waals surface area contributed by atoms with Gasteiger partial charge in [-0.25, -0.2) is 9.37 Å². The van der Waals surface area contributed by atoms with E-state index < -0.39 is 12.3 Å². The number of imidazole rings is 1. The normalized spacial score (nSPS) is 21.3. The lowest BCUT2D eigenvalue weighted by Gasteiger charge is -2.43. The second kappa shape index (κ2) is 9.40. The van der Waals surface area contributed by atoms with Gasteiger partial charge in [-0.2, -0.15) is 0 Å². The molecule has 7 heteroatoms. The molecule has 3 unspecified atom stereocenters. The topological polar surface area (TPSA) is 70.8 Å². The number of aryl methyl sites for hydroxylation is 1. The summed E-state index contributed by atoms with van der Waals surface area (Å²) >= 11 is 0. The molecule has 2 heterocycles. The lowest BCUT2D eigenvalue weighted by molar-refractivity contribution is -0.121. The van der Waals surface area contributed by atoms with Gasteiger partial charge in [0.25, 0.3) is 0 Å². The van der Waals surface area contributed by atoms with Crippen molar-refractivity contribution in [3.05, 3.63) is 77.6 Å². The molecule has 0 bridgehead atoms. The van der Waals surface area contributed by atoms with E-state index in [4.69, 9.17) is 4.74 Å². The second-order valence-electron chi connectivity index (χ2n) is 8.48. The molecule has 0 amide bonds. The highest BCUT2D eigenvalue weighted by Gasteiger charge is 2.37. The summed E-state index contributed by atoms with van der Waals surface area (Å²) in [6.45, 7) is 4.63. The van der Waals surface area contributed by atoms with Crippen LogP contribution in [0.25, 0.3) is 5.69 Å². The lowest BCUT2D eigenvalue weighted by atomic mass is 9.85. The fourth-order valence-electron chi connectivity index (χ4n) is 4.60. The fourth-order valence-corrected chi connectivity index (χ4v) is 4.60. The quantitative estimate of drug-likeness (QED) is 0.604. The van der Waals surface area contributed by atoms with Gasteiger partial charge < -0.3 is 19.5 Å². The number of likely N-dealkylation sites (tertiary alicyclic amines) is 1. The van der Waals surface area contributed by atoms with E-state index in [1.165, 1.54) is 12.1 Å². The van der Waals surface area contributed by atoms with Crippen LogP contribution in [0.3, 0.4) is 0 Å². The summed E-state index contributed by atoms with van der Waals surface area (Å²) < 4.78 is 20.8. The van der Waals surface area contributed by atoms with Gasteiger partial charge in [0, 0.05) is 24.7 Å².